The first-order valence-electron chi connectivity index (χ1n) is 9.02. The number of amides is 1. The Balaban J connectivity index is 1.39. The molecular weight excluding hydrogens is 336 g/mol. The topological polar surface area (TPSA) is 59.3 Å². The van der Waals surface area contributed by atoms with E-state index in [9.17, 15) is 4.79 Å². The Morgan fingerprint density at radius 1 is 1.04 bits per heavy atom. The number of aryl methyl sites for hydroxylation is 1. The van der Waals surface area contributed by atoms with Gasteiger partial charge in [0.15, 0.2) is 0 Å². The maximum Gasteiger partial charge on any atom is 0.234 e. The highest BCUT2D eigenvalue weighted by molar-refractivity contribution is 5.91. The number of anilines is 1. The largest absolute Gasteiger partial charge is 0.326 e. The van der Waals surface area contributed by atoms with E-state index in [4.69, 9.17) is 0 Å². The van der Waals surface area contributed by atoms with Gasteiger partial charge in [0.1, 0.15) is 0 Å². The van der Waals surface area contributed by atoms with Crippen molar-refractivity contribution in [3.63, 3.8) is 0 Å². The van der Waals surface area contributed by atoms with Gasteiger partial charge in [-0.2, -0.15) is 0 Å². The predicted molar refractivity (Wildman–Crippen MR) is 106 cm³/mol. The fourth-order valence-corrected chi connectivity index (χ4v) is 3.05. The van der Waals surface area contributed by atoms with Crippen molar-refractivity contribution in [3.8, 4) is 11.3 Å². The van der Waals surface area contributed by atoms with E-state index in [0.29, 0.717) is 12.2 Å². The molecule has 0 spiro atoms. The minimum atomic E-state index is 0.0275. The summed E-state index contributed by atoms with van der Waals surface area (Å²) in [6.45, 7) is 0. The second-order valence-corrected chi connectivity index (χ2v) is 6.42. The van der Waals surface area contributed by atoms with E-state index < -0.39 is 0 Å². The summed E-state index contributed by atoms with van der Waals surface area (Å²) in [5.74, 6) is 0.683. The number of nitrogens with zero attached hydrogens (tertiary/aromatic N) is 3. The average Bonchev–Trinajstić information content (AvgIpc) is 3.13. The highest BCUT2D eigenvalue weighted by atomic mass is 16.1. The molecule has 2 aromatic heterocycles. The lowest BCUT2D eigenvalue weighted by atomic mass is 10.1. The highest BCUT2D eigenvalue weighted by Gasteiger charge is 2.07. The van der Waals surface area contributed by atoms with Gasteiger partial charge < -0.3 is 5.32 Å². The number of aromatic nitrogens is 3. The molecule has 0 saturated heterocycles. The Kier molecular flexibility index (Phi) is 4.92. The van der Waals surface area contributed by atoms with Crippen molar-refractivity contribution in [2.75, 3.05) is 5.32 Å². The SMILES string of the molecule is O=C(CCCc1ccccc1)Nc1cccc(-c2cn3cccnc3n2)c1. The normalized spacial score (nSPS) is 10.8. The minimum absolute atomic E-state index is 0.0275. The maximum atomic E-state index is 12.3. The quantitative estimate of drug-likeness (QED) is 0.558. The Morgan fingerprint density at radius 3 is 2.78 bits per heavy atom. The number of rotatable bonds is 6. The number of hydrogen-bond donors (Lipinski definition) is 1. The number of nitrogens with one attached hydrogen (secondary N) is 1. The molecule has 0 fully saturated rings. The summed E-state index contributed by atoms with van der Waals surface area (Å²) < 4.78 is 1.88. The van der Waals surface area contributed by atoms with E-state index in [1.54, 1.807) is 6.20 Å². The van der Waals surface area contributed by atoms with Gasteiger partial charge in [0.25, 0.3) is 0 Å². The summed E-state index contributed by atoms with van der Waals surface area (Å²) in [5.41, 5.74) is 3.81. The second kappa shape index (κ2) is 7.83. The van der Waals surface area contributed by atoms with Crippen molar-refractivity contribution in [3.05, 3.63) is 84.8 Å². The van der Waals surface area contributed by atoms with Crippen LogP contribution in [0.3, 0.4) is 0 Å². The molecule has 5 heteroatoms. The summed E-state index contributed by atoms with van der Waals surface area (Å²) >= 11 is 0. The number of carbonyl (C=O) groups is 1. The van der Waals surface area contributed by atoms with Crippen LogP contribution < -0.4 is 5.32 Å². The average molecular weight is 356 g/mol. The molecule has 2 aromatic carbocycles. The van der Waals surface area contributed by atoms with Gasteiger partial charge in [-0.25, -0.2) is 9.97 Å². The predicted octanol–water partition coefficient (Wildman–Crippen LogP) is 4.36. The van der Waals surface area contributed by atoms with Crippen molar-refractivity contribution in [2.24, 2.45) is 0 Å². The zero-order valence-corrected chi connectivity index (χ0v) is 14.9. The molecule has 1 N–H and O–H groups in total. The van der Waals surface area contributed by atoms with E-state index >= 15 is 0 Å². The summed E-state index contributed by atoms with van der Waals surface area (Å²) in [4.78, 5) is 21.0. The van der Waals surface area contributed by atoms with Crippen molar-refractivity contribution >= 4 is 17.4 Å². The third-order valence-electron chi connectivity index (χ3n) is 4.39. The summed E-state index contributed by atoms with van der Waals surface area (Å²) in [7, 11) is 0. The van der Waals surface area contributed by atoms with Crippen LogP contribution in [0.4, 0.5) is 5.69 Å². The standard InChI is InChI=1S/C22H20N4O/c27-21(12-4-9-17-7-2-1-3-8-17)24-19-11-5-10-18(15-19)20-16-26-14-6-13-23-22(26)25-20/h1-3,5-8,10-11,13-16H,4,9,12H2,(H,24,27). The van der Waals surface area contributed by atoms with Crippen LogP contribution in [0, 0.1) is 0 Å². The first-order valence-corrected chi connectivity index (χ1v) is 9.02. The molecule has 134 valence electrons. The first-order chi connectivity index (χ1) is 13.3. The first kappa shape index (κ1) is 17.0. The monoisotopic (exact) mass is 356 g/mol. The van der Waals surface area contributed by atoms with Crippen molar-refractivity contribution in [1.29, 1.82) is 0 Å². The molecule has 1 amide bonds. The van der Waals surface area contributed by atoms with E-state index in [1.165, 1.54) is 5.56 Å². The van der Waals surface area contributed by atoms with Gasteiger partial charge in [0, 0.05) is 36.3 Å². The molecule has 0 radical (unpaired) electrons. The number of hydrogen-bond acceptors (Lipinski definition) is 3. The molecule has 0 aliphatic carbocycles. The smallest absolute Gasteiger partial charge is 0.234 e. The summed E-state index contributed by atoms with van der Waals surface area (Å²) in [6.07, 6.45) is 7.80. The lowest BCUT2D eigenvalue weighted by Gasteiger charge is -2.07. The molecule has 0 atom stereocenters. The van der Waals surface area contributed by atoms with Crippen LogP contribution in [-0.4, -0.2) is 20.3 Å². The Bertz CT molecular complexity index is 1020. The molecule has 0 aliphatic heterocycles. The number of benzene rings is 2. The molecule has 4 aromatic rings. The van der Waals surface area contributed by atoms with Gasteiger partial charge in [0.2, 0.25) is 11.7 Å². The van der Waals surface area contributed by atoms with Crippen LogP contribution in [-0.2, 0) is 11.2 Å². The van der Waals surface area contributed by atoms with E-state index in [1.807, 2.05) is 65.3 Å². The third kappa shape index (κ3) is 4.20. The molecule has 27 heavy (non-hydrogen) atoms. The van der Waals surface area contributed by atoms with Crippen molar-refractivity contribution < 1.29 is 4.79 Å². The summed E-state index contributed by atoms with van der Waals surface area (Å²) in [6, 6.07) is 19.8. The highest BCUT2D eigenvalue weighted by Crippen LogP contribution is 2.22. The fraction of sp³-hybridized carbons (Fsp3) is 0.136. The third-order valence-corrected chi connectivity index (χ3v) is 4.39. The van der Waals surface area contributed by atoms with Gasteiger partial charge in [0.05, 0.1) is 5.69 Å². The lowest BCUT2D eigenvalue weighted by Crippen LogP contribution is -2.11. The Morgan fingerprint density at radius 2 is 1.93 bits per heavy atom. The molecular formula is C22H20N4O. The zero-order valence-electron chi connectivity index (χ0n) is 14.9. The van der Waals surface area contributed by atoms with Crippen LogP contribution in [0.1, 0.15) is 18.4 Å². The second-order valence-electron chi connectivity index (χ2n) is 6.42. The molecule has 0 bridgehead atoms. The molecule has 0 unspecified atom stereocenters. The van der Waals surface area contributed by atoms with Crippen molar-refractivity contribution in [2.45, 2.75) is 19.3 Å². The van der Waals surface area contributed by atoms with Gasteiger partial charge in [-0.05, 0) is 36.6 Å². The van der Waals surface area contributed by atoms with Crippen molar-refractivity contribution in [1.82, 2.24) is 14.4 Å². The van der Waals surface area contributed by atoms with Crippen LogP contribution in [0.25, 0.3) is 17.0 Å². The number of carbonyl (C=O) groups excluding carboxylic acids is 1. The zero-order chi connectivity index (χ0) is 18.5. The Labute approximate surface area is 157 Å². The van der Waals surface area contributed by atoms with E-state index in [-0.39, 0.29) is 5.91 Å². The number of fused-ring (bicyclic) bond motifs is 1. The van der Waals surface area contributed by atoms with E-state index in [0.717, 1.165) is 29.8 Å². The molecule has 2 heterocycles. The van der Waals surface area contributed by atoms with Gasteiger partial charge in [-0.15, -0.1) is 0 Å². The van der Waals surface area contributed by atoms with Gasteiger partial charge >= 0.3 is 0 Å². The fourth-order valence-electron chi connectivity index (χ4n) is 3.05. The van der Waals surface area contributed by atoms with Gasteiger partial charge in [-0.3, -0.25) is 9.20 Å². The van der Waals surface area contributed by atoms with Crippen LogP contribution in [0.5, 0.6) is 0 Å². The molecule has 4 rings (SSSR count). The Hall–Kier alpha value is -3.47. The molecule has 0 saturated carbocycles. The molecule has 0 aliphatic rings. The maximum absolute atomic E-state index is 12.3. The van der Waals surface area contributed by atoms with Crippen LogP contribution in [0.2, 0.25) is 0 Å². The number of imidazole rings is 1. The van der Waals surface area contributed by atoms with Crippen LogP contribution >= 0.6 is 0 Å². The summed E-state index contributed by atoms with van der Waals surface area (Å²) in [5, 5.41) is 2.98. The lowest BCUT2D eigenvalue weighted by molar-refractivity contribution is -0.116. The van der Waals surface area contributed by atoms with Crippen LogP contribution in [0.15, 0.2) is 79.3 Å². The van der Waals surface area contributed by atoms with E-state index in [2.05, 4.69) is 27.4 Å². The molecule has 5 nitrogen and oxygen atoms in total. The minimum Gasteiger partial charge on any atom is -0.326 e. The van der Waals surface area contributed by atoms with Gasteiger partial charge in [-0.1, -0.05) is 42.5 Å².